The first-order valence-corrected chi connectivity index (χ1v) is 9.47. The molecule has 27 heavy (non-hydrogen) atoms. The fourth-order valence-electron chi connectivity index (χ4n) is 2.43. The van der Waals surface area contributed by atoms with Gasteiger partial charge in [-0.05, 0) is 50.2 Å². The molecule has 0 bridgehead atoms. The molecule has 1 atom stereocenters. The summed E-state index contributed by atoms with van der Waals surface area (Å²) in [7, 11) is 1.20. The fourth-order valence-corrected chi connectivity index (χ4v) is 3.54. The Bertz CT molecular complexity index is 794. The SMILES string of the molecule is CCOc1cc(Cl)c(/C=C2/SC(=O)N([C@H](C)C(=O)OC)C2=O)cc1OCC. The van der Waals surface area contributed by atoms with Gasteiger partial charge in [0.15, 0.2) is 11.5 Å². The molecule has 0 saturated carbocycles. The summed E-state index contributed by atoms with van der Waals surface area (Å²) in [6, 6.07) is 2.24. The Morgan fingerprint density at radius 1 is 1.22 bits per heavy atom. The number of imide groups is 1. The number of carbonyl (C=O) groups is 3. The number of rotatable bonds is 7. The van der Waals surface area contributed by atoms with Crippen LogP contribution in [0.3, 0.4) is 0 Å². The van der Waals surface area contributed by atoms with Crippen LogP contribution >= 0.6 is 23.4 Å². The Hall–Kier alpha value is -2.19. The quantitative estimate of drug-likeness (QED) is 0.497. The average molecular weight is 414 g/mol. The number of benzene rings is 1. The predicted molar refractivity (Wildman–Crippen MR) is 103 cm³/mol. The number of thioether (sulfide) groups is 1. The van der Waals surface area contributed by atoms with Crippen LogP contribution in [0.25, 0.3) is 6.08 Å². The van der Waals surface area contributed by atoms with E-state index in [-0.39, 0.29) is 4.91 Å². The molecule has 146 valence electrons. The van der Waals surface area contributed by atoms with Crippen LogP contribution in [0.1, 0.15) is 26.3 Å². The Labute approximate surface area is 166 Å². The summed E-state index contributed by atoms with van der Waals surface area (Å²) in [5.74, 6) is -0.270. The van der Waals surface area contributed by atoms with Gasteiger partial charge in [0.25, 0.3) is 11.1 Å². The molecule has 9 heteroatoms. The van der Waals surface area contributed by atoms with Gasteiger partial charge < -0.3 is 14.2 Å². The molecule has 1 heterocycles. The summed E-state index contributed by atoms with van der Waals surface area (Å²) in [6.07, 6.45) is 1.50. The topological polar surface area (TPSA) is 82.1 Å². The Kier molecular flexibility index (Phi) is 7.15. The lowest BCUT2D eigenvalue weighted by atomic mass is 10.1. The normalized spacial score (nSPS) is 16.6. The highest BCUT2D eigenvalue weighted by molar-refractivity contribution is 8.18. The van der Waals surface area contributed by atoms with Gasteiger partial charge >= 0.3 is 5.97 Å². The molecule has 1 fully saturated rings. The highest BCUT2D eigenvalue weighted by Crippen LogP contribution is 2.38. The molecule has 1 saturated heterocycles. The number of nitrogens with zero attached hydrogens (tertiary/aromatic N) is 1. The zero-order valence-corrected chi connectivity index (χ0v) is 17.0. The third-order valence-corrected chi connectivity index (χ3v) is 4.91. The van der Waals surface area contributed by atoms with Crippen LogP contribution in [0.15, 0.2) is 17.0 Å². The minimum atomic E-state index is -1.01. The first kappa shape index (κ1) is 21.1. The van der Waals surface area contributed by atoms with Crippen LogP contribution in [0.5, 0.6) is 11.5 Å². The third-order valence-electron chi connectivity index (χ3n) is 3.70. The van der Waals surface area contributed by atoms with E-state index in [4.69, 9.17) is 21.1 Å². The Balaban J connectivity index is 2.38. The summed E-state index contributed by atoms with van der Waals surface area (Å²) in [5, 5.41) is -0.203. The summed E-state index contributed by atoms with van der Waals surface area (Å²) in [5.41, 5.74) is 0.500. The first-order chi connectivity index (χ1) is 12.8. The van der Waals surface area contributed by atoms with Crippen LogP contribution in [-0.2, 0) is 14.3 Å². The fraction of sp³-hybridized carbons (Fsp3) is 0.389. The maximum Gasteiger partial charge on any atom is 0.328 e. The molecule has 1 aliphatic rings. The van der Waals surface area contributed by atoms with Crippen LogP contribution in [0.4, 0.5) is 4.79 Å². The molecule has 1 aliphatic heterocycles. The van der Waals surface area contributed by atoms with Gasteiger partial charge in [0.05, 0.1) is 30.3 Å². The van der Waals surface area contributed by atoms with E-state index in [1.165, 1.54) is 20.1 Å². The van der Waals surface area contributed by atoms with Crippen molar-refractivity contribution < 1.29 is 28.6 Å². The lowest BCUT2D eigenvalue weighted by Gasteiger charge is -2.18. The Morgan fingerprint density at radius 3 is 2.37 bits per heavy atom. The molecule has 7 nitrogen and oxygen atoms in total. The number of ether oxygens (including phenoxy) is 3. The number of hydrogen-bond acceptors (Lipinski definition) is 7. The molecule has 0 aliphatic carbocycles. The monoisotopic (exact) mass is 413 g/mol. The van der Waals surface area contributed by atoms with Crippen molar-refractivity contribution >= 4 is 46.6 Å². The largest absolute Gasteiger partial charge is 0.490 e. The van der Waals surface area contributed by atoms with E-state index < -0.39 is 23.2 Å². The molecule has 0 N–H and O–H groups in total. The van der Waals surface area contributed by atoms with Gasteiger partial charge in [0.2, 0.25) is 0 Å². The standard InChI is InChI=1S/C18H20ClNO6S/c1-5-25-13-7-11(12(19)9-14(13)26-6-2)8-15-16(21)20(18(23)27-15)10(3)17(22)24-4/h7-10H,5-6H2,1-4H3/b15-8+/t10-/m1/s1. The van der Waals surface area contributed by atoms with Crippen LogP contribution in [0.2, 0.25) is 5.02 Å². The van der Waals surface area contributed by atoms with E-state index in [0.29, 0.717) is 35.3 Å². The van der Waals surface area contributed by atoms with Gasteiger partial charge in [0, 0.05) is 6.07 Å². The summed E-state index contributed by atoms with van der Waals surface area (Å²) < 4.78 is 15.7. The van der Waals surface area contributed by atoms with E-state index in [2.05, 4.69) is 4.74 Å². The number of carbonyl (C=O) groups excluding carboxylic acids is 3. The third kappa shape index (κ3) is 4.56. The lowest BCUT2D eigenvalue weighted by molar-refractivity contribution is -0.148. The predicted octanol–water partition coefficient (Wildman–Crippen LogP) is 3.74. The molecule has 2 rings (SSSR count). The van der Waals surface area contributed by atoms with E-state index in [1.807, 2.05) is 13.8 Å². The number of esters is 1. The van der Waals surface area contributed by atoms with Gasteiger partial charge in [-0.2, -0.15) is 0 Å². The second kappa shape index (κ2) is 9.14. The van der Waals surface area contributed by atoms with Gasteiger partial charge in [-0.1, -0.05) is 11.6 Å². The number of amides is 2. The van der Waals surface area contributed by atoms with Crippen molar-refractivity contribution in [3.63, 3.8) is 0 Å². The van der Waals surface area contributed by atoms with Gasteiger partial charge in [-0.3, -0.25) is 14.5 Å². The smallest absolute Gasteiger partial charge is 0.328 e. The average Bonchev–Trinajstić information content (AvgIpc) is 2.91. The number of methoxy groups -OCH3 is 1. The molecule has 1 aromatic carbocycles. The van der Waals surface area contributed by atoms with Gasteiger partial charge in [-0.15, -0.1) is 0 Å². The van der Waals surface area contributed by atoms with E-state index in [0.717, 1.165) is 16.7 Å². The van der Waals surface area contributed by atoms with E-state index in [1.54, 1.807) is 12.1 Å². The van der Waals surface area contributed by atoms with Crippen molar-refractivity contribution in [3.8, 4) is 11.5 Å². The van der Waals surface area contributed by atoms with Crippen molar-refractivity contribution in [1.29, 1.82) is 0 Å². The highest BCUT2D eigenvalue weighted by atomic mass is 35.5. The maximum atomic E-state index is 12.6. The number of halogens is 1. The minimum absolute atomic E-state index is 0.157. The van der Waals surface area contributed by atoms with Gasteiger partial charge in [0.1, 0.15) is 6.04 Å². The van der Waals surface area contributed by atoms with Crippen LogP contribution in [-0.4, -0.2) is 48.4 Å². The summed E-state index contributed by atoms with van der Waals surface area (Å²) >= 11 is 7.03. The van der Waals surface area contributed by atoms with Crippen molar-refractivity contribution in [3.05, 3.63) is 27.6 Å². The summed E-state index contributed by atoms with van der Waals surface area (Å²) in [6.45, 7) is 5.98. The molecule has 0 unspecified atom stereocenters. The second-order valence-electron chi connectivity index (χ2n) is 5.44. The zero-order valence-electron chi connectivity index (χ0n) is 15.4. The number of hydrogen-bond donors (Lipinski definition) is 0. The second-order valence-corrected chi connectivity index (χ2v) is 6.84. The molecule has 0 spiro atoms. The van der Waals surface area contributed by atoms with Crippen molar-refractivity contribution in [2.45, 2.75) is 26.8 Å². The van der Waals surface area contributed by atoms with Crippen LogP contribution in [0, 0.1) is 0 Å². The Morgan fingerprint density at radius 2 is 1.81 bits per heavy atom. The molecule has 2 amide bonds. The lowest BCUT2D eigenvalue weighted by Crippen LogP contribution is -2.42. The molecular formula is C18H20ClNO6S. The maximum absolute atomic E-state index is 12.6. The van der Waals surface area contributed by atoms with E-state index >= 15 is 0 Å². The molecule has 0 aromatic heterocycles. The van der Waals surface area contributed by atoms with Crippen molar-refractivity contribution in [2.75, 3.05) is 20.3 Å². The minimum Gasteiger partial charge on any atom is -0.490 e. The molecular weight excluding hydrogens is 394 g/mol. The highest BCUT2D eigenvalue weighted by Gasteiger charge is 2.41. The molecule has 0 radical (unpaired) electrons. The van der Waals surface area contributed by atoms with E-state index in [9.17, 15) is 14.4 Å². The summed E-state index contributed by atoms with van der Waals surface area (Å²) in [4.78, 5) is 37.5. The molecule has 1 aromatic rings. The zero-order chi connectivity index (χ0) is 20.1. The van der Waals surface area contributed by atoms with Gasteiger partial charge in [-0.25, -0.2) is 4.79 Å². The van der Waals surface area contributed by atoms with Crippen LogP contribution < -0.4 is 9.47 Å². The van der Waals surface area contributed by atoms with Crippen molar-refractivity contribution in [2.24, 2.45) is 0 Å². The van der Waals surface area contributed by atoms with Crippen molar-refractivity contribution in [1.82, 2.24) is 4.90 Å². The first-order valence-electron chi connectivity index (χ1n) is 8.28.